The summed E-state index contributed by atoms with van der Waals surface area (Å²) >= 11 is 1.37. The minimum atomic E-state index is -3.76. The van der Waals surface area contributed by atoms with Crippen molar-refractivity contribution in [3.8, 4) is 11.5 Å². The van der Waals surface area contributed by atoms with Crippen molar-refractivity contribution in [1.82, 2.24) is 0 Å². The zero-order valence-corrected chi connectivity index (χ0v) is 19.2. The summed E-state index contributed by atoms with van der Waals surface area (Å²) < 4.78 is 36.2. The van der Waals surface area contributed by atoms with Gasteiger partial charge in [0.2, 0.25) is 11.8 Å². The first-order valence-corrected chi connectivity index (χ1v) is 12.0. The third kappa shape index (κ3) is 5.13. The summed E-state index contributed by atoms with van der Waals surface area (Å²) in [5.74, 6) is -0.863. The Hall–Kier alpha value is -2.72. The van der Waals surface area contributed by atoms with Gasteiger partial charge < -0.3 is 20.1 Å². The number of nitrogens with one attached hydrogen (secondary N) is 2. The van der Waals surface area contributed by atoms with Crippen LogP contribution in [0, 0.1) is 5.92 Å². The summed E-state index contributed by atoms with van der Waals surface area (Å²) in [6.07, 6.45) is 0. The summed E-state index contributed by atoms with van der Waals surface area (Å²) in [6.45, 7) is 3.33. The highest BCUT2D eigenvalue weighted by atomic mass is 32.2. The average Bonchev–Trinajstić information content (AvgIpc) is 2.74. The Balaban J connectivity index is 1.74. The predicted octanol–water partition coefficient (Wildman–Crippen LogP) is 3.19. The van der Waals surface area contributed by atoms with Crippen LogP contribution in [-0.4, -0.2) is 45.5 Å². The average molecular weight is 465 g/mol. The lowest BCUT2D eigenvalue weighted by Crippen LogP contribution is -2.28. The molecule has 8 nitrogen and oxygen atoms in total. The number of hydrogen-bond acceptors (Lipinski definition) is 7. The molecule has 0 fully saturated rings. The molecule has 1 aliphatic rings. The van der Waals surface area contributed by atoms with Crippen LogP contribution < -0.4 is 20.1 Å². The number of hydrogen-bond donors (Lipinski definition) is 2. The smallest absolute Gasteiger partial charge is 0.237 e. The molecule has 3 rings (SSSR count). The van der Waals surface area contributed by atoms with Crippen molar-refractivity contribution in [3.63, 3.8) is 0 Å². The second-order valence-electron chi connectivity index (χ2n) is 7.15. The van der Waals surface area contributed by atoms with Gasteiger partial charge >= 0.3 is 0 Å². The molecule has 2 N–H and O–H groups in total. The molecule has 166 valence electrons. The molecule has 0 bridgehead atoms. The van der Waals surface area contributed by atoms with Crippen LogP contribution in [-0.2, 0) is 19.4 Å². The number of benzene rings is 2. The molecule has 31 heavy (non-hydrogen) atoms. The molecule has 2 aromatic rings. The molecule has 0 saturated carbocycles. The Morgan fingerprint density at radius 1 is 1.19 bits per heavy atom. The number of anilines is 2. The summed E-state index contributed by atoms with van der Waals surface area (Å²) in [4.78, 5) is 25.4. The first-order chi connectivity index (χ1) is 14.6. The molecular formula is C21H24N2O6S2. The zero-order valence-electron chi connectivity index (χ0n) is 17.6. The topological polar surface area (TPSA) is 111 Å². The van der Waals surface area contributed by atoms with E-state index >= 15 is 0 Å². The number of ether oxygens (including phenoxy) is 2. The summed E-state index contributed by atoms with van der Waals surface area (Å²) in [7, 11) is -0.777. The van der Waals surface area contributed by atoms with Crippen LogP contribution in [0.1, 0.15) is 13.8 Å². The standard InChI is InChI=1S/C21H24N2O6S2/c1-12(20(24)22-16-7-5-14(28-3)9-18(16)29-4)11-31(26,27)15-6-8-19-17(10-15)23-21(25)13(2)30-19/h5-10,12-13H,11H2,1-4H3,(H,22,24)(H,23,25)/t12-,13-/m1/s1. The highest BCUT2D eigenvalue weighted by Gasteiger charge is 2.27. The van der Waals surface area contributed by atoms with Gasteiger partial charge in [0, 0.05) is 16.9 Å². The number of thioether (sulfide) groups is 1. The molecule has 10 heteroatoms. The van der Waals surface area contributed by atoms with E-state index in [-0.39, 0.29) is 21.8 Å². The van der Waals surface area contributed by atoms with Crippen LogP contribution in [0.4, 0.5) is 11.4 Å². The van der Waals surface area contributed by atoms with Crippen molar-refractivity contribution < 1.29 is 27.5 Å². The van der Waals surface area contributed by atoms with Gasteiger partial charge in [0.15, 0.2) is 9.84 Å². The molecule has 0 aromatic heterocycles. The second-order valence-corrected chi connectivity index (χ2v) is 10.6. The van der Waals surface area contributed by atoms with E-state index in [9.17, 15) is 18.0 Å². The molecule has 2 amide bonds. The first kappa shape index (κ1) is 23.0. The van der Waals surface area contributed by atoms with Gasteiger partial charge in [-0.2, -0.15) is 0 Å². The van der Waals surface area contributed by atoms with Gasteiger partial charge in [0.25, 0.3) is 0 Å². The fraction of sp³-hybridized carbons (Fsp3) is 0.333. The van der Waals surface area contributed by atoms with E-state index in [0.717, 1.165) is 4.90 Å². The molecule has 0 saturated heterocycles. The highest BCUT2D eigenvalue weighted by molar-refractivity contribution is 8.01. The number of methoxy groups -OCH3 is 2. The van der Waals surface area contributed by atoms with Crippen molar-refractivity contribution in [2.75, 3.05) is 30.6 Å². The van der Waals surface area contributed by atoms with E-state index in [4.69, 9.17) is 9.47 Å². The number of fused-ring (bicyclic) bond motifs is 1. The molecule has 2 aromatic carbocycles. The van der Waals surface area contributed by atoms with Gasteiger partial charge in [-0.15, -0.1) is 11.8 Å². The van der Waals surface area contributed by atoms with Gasteiger partial charge in [-0.25, -0.2) is 8.42 Å². The highest BCUT2D eigenvalue weighted by Crippen LogP contribution is 2.37. The van der Waals surface area contributed by atoms with Gasteiger partial charge in [0.1, 0.15) is 11.5 Å². The van der Waals surface area contributed by atoms with Crippen molar-refractivity contribution >= 4 is 44.8 Å². The van der Waals surface area contributed by atoms with E-state index in [0.29, 0.717) is 22.9 Å². The summed E-state index contributed by atoms with van der Waals surface area (Å²) in [5.41, 5.74) is 0.884. The van der Waals surface area contributed by atoms with Crippen molar-refractivity contribution in [3.05, 3.63) is 36.4 Å². The molecule has 0 radical (unpaired) electrons. The lowest BCUT2D eigenvalue weighted by atomic mass is 10.2. The molecule has 0 spiro atoms. The molecule has 0 aliphatic carbocycles. The molecule has 1 heterocycles. The third-order valence-corrected chi connectivity index (χ3v) is 7.91. The summed E-state index contributed by atoms with van der Waals surface area (Å²) in [6, 6.07) is 9.54. The SMILES string of the molecule is COc1ccc(NC(=O)[C@H](C)CS(=O)(=O)c2ccc3c(c2)NC(=O)[C@@H](C)S3)c(OC)c1. The molecule has 1 aliphatic heterocycles. The van der Waals surface area contributed by atoms with Gasteiger partial charge in [-0.1, -0.05) is 6.92 Å². The Kier molecular flexibility index (Phi) is 6.80. The molecule has 2 atom stereocenters. The zero-order chi connectivity index (χ0) is 22.8. The minimum absolute atomic E-state index is 0.0587. The van der Waals surface area contributed by atoms with Crippen LogP contribution in [0.5, 0.6) is 11.5 Å². The van der Waals surface area contributed by atoms with Crippen molar-refractivity contribution in [1.29, 1.82) is 0 Å². The number of carbonyl (C=O) groups excluding carboxylic acids is 2. The molecule has 0 unspecified atom stereocenters. The van der Waals surface area contributed by atoms with Gasteiger partial charge in [-0.05, 0) is 37.3 Å². The summed E-state index contributed by atoms with van der Waals surface area (Å²) in [5, 5.41) is 5.19. The van der Waals surface area contributed by atoms with Crippen LogP contribution in [0.2, 0.25) is 0 Å². The number of amides is 2. The van der Waals surface area contributed by atoms with Gasteiger partial charge in [-0.3, -0.25) is 9.59 Å². The Morgan fingerprint density at radius 3 is 2.61 bits per heavy atom. The Labute approximate surface area is 185 Å². The largest absolute Gasteiger partial charge is 0.497 e. The fourth-order valence-electron chi connectivity index (χ4n) is 3.04. The third-order valence-electron chi connectivity index (χ3n) is 4.82. The normalized spacial score (nSPS) is 16.6. The Morgan fingerprint density at radius 2 is 1.94 bits per heavy atom. The number of sulfone groups is 1. The van der Waals surface area contributed by atoms with E-state index in [1.54, 1.807) is 38.1 Å². The minimum Gasteiger partial charge on any atom is -0.497 e. The lowest BCUT2D eigenvalue weighted by molar-refractivity contribution is -0.119. The number of rotatable bonds is 7. The maximum absolute atomic E-state index is 12.9. The van der Waals surface area contributed by atoms with E-state index in [2.05, 4.69) is 10.6 Å². The Bertz CT molecular complexity index is 1120. The number of carbonyl (C=O) groups is 2. The fourth-order valence-corrected chi connectivity index (χ4v) is 5.55. The second kappa shape index (κ2) is 9.19. The first-order valence-electron chi connectivity index (χ1n) is 9.52. The van der Waals surface area contributed by atoms with E-state index in [1.807, 2.05) is 0 Å². The maximum Gasteiger partial charge on any atom is 0.237 e. The van der Waals surface area contributed by atoms with Crippen LogP contribution in [0.15, 0.2) is 46.2 Å². The van der Waals surface area contributed by atoms with Crippen LogP contribution in [0.25, 0.3) is 0 Å². The predicted molar refractivity (Wildman–Crippen MR) is 120 cm³/mol. The van der Waals surface area contributed by atoms with Crippen molar-refractivity contribution in [2.45, 2.75) is 28.9 Å². The van der Waals surface area contributed by atoms with E-state index < -0.39 is 21.7 Å². The van der Waals surface area contributed by atoms with Crippen molar-refractivity contribution in [2.24, 2.45) is 5.92 Å². The monoisotopic (exact) mass is 464 g/mol. The lowest BCUT2D eigenvalue weighted by Gasteiger charge is -2.22. The van der Waals surface area contributed by atoms with Crippen LogP contribution >= 0.6 is 11.8 Å². The van der Waals surface area contributed by atoms with Crippen LogP contribution in [0.3, 0.4) is 0 Å². The quantitative estimate of drug-likeness (QED) is 0.647. The van der Waals surface area contributed by atoms with Gasteiger partial charge in [0.05, 0.1) is 41.5 Å². The molecular weight excluding hydrogens is 440 g/mol. The van der Waals surface area contributed by atoms with E-state index in [1.165, 1.54) is 38.1 Å². The maximum atomic E-state index is 12.9.